The van der Waals surface area contributed by atoms with Crippen LogP contribution in [-0.4, -0.2) is 28.7 Å². The van der Waals surface area contributed by atoms with Crippen molar-refractivity contribution in [3.8, 4) is 0 Å². The van der Waals surface area contributed by atoms with Crippen LogP contribution in [0.2, 0.25) is 0 Å². The number of methoxy groups -OCH3 is 1. The van der Waals surface area contributed by atoms with E-state index in [4.69, 9.17) is 0 Å². The fraction of sp³-hybridized carbons (Fsp3) is 0.333. The van der Waals surface area contributed by atoms with Gasteiger partial charge in [0.05, 0.1) is 13.5 Å². The van der Waals surface area contributed by atoms with E-state index in [1.54, 1.807) is 11.5 Å². The van der Waals surface area contributed by atoms with Gasteiger partial charge in [0.1, 0.15) is 5.69 Å². The van der Waals surface area contributed by atoms with Gasteiger partial charge in [0.15, 0.2) is 0 Å². The zero-order chi connectivity index (χ0) is 14.9. The molecule has 0 bridgehead atoms. The second kappa shape index (κ2) is 5.36. The van der Waals surface area contributed by atoms with Crippen molar-refractivity contribution in [3.05, 3.63) is 35.0 Å². The summed E-state index contributed by atoms with van der Waals surface area (Å²) in [5, 5.41) is 10.3. The Bertz CT molecular complexity index is 685. The molecule has 0 saturated carbocycles. The molecule has 1 aromatic carbocycles. The lowest BCUT2D eigenvalue weighted by Crippen LogP contribution is -2.13. The molecule has 1 N–H and O–H groups in total. The number of carbonyl (C=O) groups is 2. The number of aryl methyl sites for hydroxylation is 3. The maximum Gasteiger partial charge on any atom is 0.352 e. The molecular weight excluding hydrogens is 258 g/mol. The molecule has 0 atom stereocenters. The van der Waals surface area contributed by atoms with E-state index in [9.17, 15) is 14.7 Å². The van der Waals surface area contributed by atoms with Gasteiger partial charge in [-0.05, 0) is 31.5 Å². The number of carboxylic acid groups (broad SMARTS) is 1. The van der Waals surface area contributed by atoms with Crippen molar-refractivity contribution in [3.63, 3.8) is 0 Å². The molecule has 5 heteroatoms. The van der Waals surface area contributed by atoms with Gasteiger partial charge >= 0.3 is 11.9 Å². The molecule has 20 heavy (non-hydrogen) atoms. The summed E-state index contributed by atoms with van der Waals surface area (Å²) in [5.41, 5.74) is 2.85. The van der Waals surface area contributed by atoms with Gasteiger partial charge in [0.25, 0.3) is 0 Å². The van der Waals surface area contributed by atoms with Crippen molar-refractivity contribution in [2.24, 2.45) is 0 Å². The van der Waals surface area contributed by atoms with Gasteiger partial charge in [-0.15, -0.1) is 0 Å². The number of rotatable bonds is 4. The average Bonchev–Trinajstić information content (AvgIpc) is 2.68. The van der Waals surface area contributed by atoms with Crippen LogP contribution in [0.15, 0.2) is 18.2 Å². The molecule has 0 radical (unpaired) electrons. The Balaban J connectivity index is 2.57. The molecule has 0 unspecified atom stereocenters. The normalized spacial score (nSPS) is 10.8. The summed E-state index contributed by atoms with van der Waals surface area (Å²) < 4.78 is 6.28. The van der Waals surface area contributed by atoms with E-state index < -0.39 is 5.97 Å². The fourth-order valence-corrected chi connectivity index (χ4v) is 2.45. The van der Waals surface area contributed by atoms with Crippen molar-refractivity contribution in [1.82, 2.24) is 4.57 Å². The minimum absolute atomic E-state index is 0.147. The predicted octanol–water partition coefficient (Wildman–Crippen LogP) is 2.52. The van der Waals surface area contributed by atoms with Crippen LogP contribution < -0.4 is 0 Å². The van der Waals surface area contributed by atoms with Crippen molar-refractivity contribution >= 4 is 22.8 Å². The first-order valence-corrected chi connectivity index (χ1v) is 6.35. The van der Waals surface area contributed by atoms with Crippen LogP contribution in [-0.2, 0) is 16.1 Å². The molecule has 0 aliphatic heterocycles. The summed E-state index contributed by atoms with van der Waals surface area (Å²) in [5.74, 6) is -1.34. The molecule has 2 aromatic rings. The van der Waals surface area contributed by atoms with Gasteiger partial charge in [-0.1, -0.05) is 11.6 Å². The number of benzene rings is 1. The van der Waals surface area contributed by atoms with Crippen LogP contribution in [0.5, 0.6) is 0 Å². The SMILES string of the molecule is COC(=O)CCn1c(C(=O)O)c(C)c2cc(C)ccc21. The van der Waals surface area contributed by atoms with Crippen LogP contribution >= 0.6 is 0 Å². The van der Waals surface area contributed by atoms with Crippen LogP contribution in [0.25, 0.3) is 10.9 Å². The quantitative estimate of drug-likeness (QED) is 0.870. The van der Waals surface area contributed by atoms with Gasteiger partial charge in [-0.3, -0.25) is 4.79 Å². The standard InChI is InChI=1S/C15H17NO4/c1-9-4-5-12-11(8-9)10(2)14(15(18)19)16(12)7-6-13(17)20-3/h4-5,8H,6-7H2,1-3H3,(H,18,19). The summed E-state index contributed by atoms with van der Waals surface area (Å²) in [7, 11) is 1.32. The first-order valence-electron chi connectivity index (χ1n) is 6.35. The molecule has 5 nitrogen and oxygen atoms in total. The lowest BCUT2D eigenvalue weighted by molar-refractivity contribution is -0.140. The van der Waals surface area contributed by atoms with Crippen LogP contribution in [0.1, 0.15) is 28.0 Å². The Morgan fingerprint density at radius 3 is 2.60 bits per heavy atom. The zero-order valence-electron chi connectivity index (χ0n) is 11.8. The highest BCUT2D eigenvalue weighted by molar-refractivity contribution is 5.98. The smallest absolute Gasteiger partial charge is 0.352 e. The maximum atomic E-state index is 11.5. The third kappa shape index (κ3) is 2.39. The molecule has 2 rings (SSSR count). The molecule has 0 fully saturated rings. The van der Waals surface area contributed by atoms with E-state index in [1.807, 2.05) is 25.1 Å². The number of aromatic nitrogens is 1. The molecule has 0 saturated heterocycles. The molecule has 1 aromatic heterocycles. The third-order valence-corrected chi connectivity index (χ3v) is 3.44. The average molecular weight is 275 g/mol. The summed E-state index contributed by atoms with van der Waals surface area (Å²) in [6, 6.07) is 5.79. The van der Waals surface area contributed by atoms with Crippen LogP contribution in [0.3, 0.4) is 0 Å². The number of nitrogens with zero attached hydrogens (tertiary/aromatic N) is 1. The van der Waals surface area contributed by atoms with E-state index >= 15 is 0 Å². The van der Waals surface area contributed by atoms with Crippen molar-refractivity contribution in [2.75, 3.05) is 7.11 Å². The Morgan fingerprint density at radius 1 is 1.30 bits per heavy atom. The predicted molar refractivity (Wildman–Crippen MR) is 75.0 cm³/mol. The number of hydrogen-bond donors (Lipinski definition) is 1. The van der Waals surface area contributed by atoms with Crippen LogP contribution in [0.4, 0.5) is 0 Å². The number of aromatic carboxylic acids is 1. The van der Waals surface area contributed by atoms with Crippen molar-refractivity contribution in [2.45, 2.75) is 26.8 Å². The molecular formula is C15H17NO4. The Morgan fingerprint density at radius 2 is 2.00 bits per heavy atom. The molecule has 0 amide bonds. The van der Waals surface area contributed by atoms with Gasteiger partial charge in [0.2, 0.25) is 0 Å². The Hall–Kier alpha value is -2.30. The molecule has 0 spiro atoms. The number of ether oxygens (including phenoxy) is 1. The lowest BCUT2D eigenvalue weighted by atomic mass is 10.1. The lowest BCUT2D eigenvalue weighted by Gasteiger charge is -2.07. The second-order valence-electron chi connectivity index (χ2n) is 4.78. The van der Waals surface area contributed by atoms with Crippen molar-refractivity contribution in [1.29, 1.82) is 0 Å². The highest BCUT2D eigenvalue weighted by Crippen LogP contribution is 2.27. The summed E-state index contributed by atoms with van der Waals surface area (Å²) in [4.78, 5) is 22.8. The molecule has 106 valence electrons. The summed E-state index contributed by atoms with van der Waals surface area (Å²) >= 11 is 0. The van der Waals surface area contributed by atoms with E-state index in [0.717, 1.165) is 22.0 Å². The zero-order valence-corrected chi connectivity index (χ0v) is 11.8. The van der Waals surface area contributed by atoms with E-state index in [-0.39, 0.29) is 18.1 Å². The van der Waals surface area contributed by atoms with Crippen LogP contribution in [0, 0.1) is 13.8 Å². The third-order valence-electron chi connectivity index (χ3n) is 3.44. The largest absolute Gasteiger partial charge is 0.477 e. The minimum atomic E-state index is -0.985. The first kappa shape index (κ1) is 14.1. The number of carbonyl (C=O) groups excluding carboxylic acids is 1. The van der Waals surface area contributed by atoms with E-state index in [1.165, 1.54) is 7.11 Å². The van der Waals surface area contributed by atoms with E-state index in [2.05, 4.69) is 4.74 Å². The summed E-state index contributed by atoms with van der Waals surface area (Å²) in [6.45, 7) is 4.05. The number of fused-ring (bicyclic) bond motifs is 1. The second-order valence-corrected chi connectivity index (χ2v) is 4.78. The Labute approximate surface area is 116 Å². The molecule has 1 heterocycles. The first-order chi connectivity index (χ1) is 9.45. The van der Waals surface area contributed by atoms with Gasteiger partial charge in [0, 0.05) is 17.4 Å². The van der Waals surface area contributed by atoms with Gasteiger partial charge in [-0.25, -0.2) is 4.79 Å². The monoisotopic (exact) mass is 275 g/mol. The highest BCUT2D eigenvalue weighted by atomic mass is 16.5. The number of esters is 1. The number of carboxylic acids is 1. The van der Waals surface area contributed by atoms with E-state index in [0.29, 0.717) is 6.54 Å². The van der Waals surface area contributed by atoms with Gasteiger partial charge < -0.3 is 14.4 Å². The van der Waals surface area contributed by atoms with Gasteiger partial charge in [-0.2, -0.15) is 0 Å². The fourth-order valence-electron chi connectivity index (χ4n) is 2.45. The summed E-state index contributed by atoms with van der Waals surface area (Å²) in [6.07, 6.45) is 0.147. The topological polar surface area (TPSA) is 68.5 Å². The number of hydrogen-bond acceptors (Lipinski definition) is 3. The molecule has 0 aliphatic carbocycles. The highest BCUT2D eigenvalue weighted by Gasteiger charge is 2.20. The Kier molecular flexibility index (Phi) is 3.79. The maximum absolute atomic E-state index is 11.5. The molecule has 0 aliphatic rings. The van der Waals surface area contributed by atoms with Crippen molar-refractivity contribution < 1.29 is 19.4 Å². The minimum Gasteiger partial charge on any atom is -0.477 e.